The molecule has 0 radical (unpaired) electrons. The van der Waals surface area contributed by atoms with Gasteiger partial charge in [-0.2, -0.15) is 0 Å². The van der Waals surface area contributed by atoms with Crippen molar-refractivity contribution in [2.24, 2.45) is 0 Å². The average Bonchev–Trinajstić information content (AvgIpc) is 2.66. The summed E-state index contributed by atoms with van der Waals surface area (Å²) in [7, 11) is 4.53. The number of methoxy groups -OCH3 is 3. The highest BCUT2D eigenvalue weighted by molar-refractivity contribution is 5.96. The minimum Gasteiger partial charge on any atom is -0.497 e. The van der Waals surface area contributed by atoms with Gasteiger partial charge in [0.15, 0.2) is 6.61 Å². The predicted octanol–water partition coefficient (Wildman–Crippen LogP) is 2.82. The summed E-state index contributed by atoms with van der Waals surface area (Å²) < 4.78 is 20.5. The summed E-state index contributed by atoms with van der Waals surface area (Å²) in [5.74, 6) is 0.489. The Labute approximate surface area is 151 Å². The smallest absolute Gasteiger partial charge is 0.338 e. The molecule has 0 aliphatic rings. The Kier molecular flexibility index (Phi) is 6.43. The van der Waals surface area contributed by atoms with Crippen molar-refractivity contribution in [3.05, 3.63) is 47.5 Å². The average molecular weight is 359 g/mol. The highest BCUT2D eigenvalue weighted by Crippen LogP contribution is 2.28. The van der Waals surface area contributed by atoms with Crippen molar-refractivity contribution in [2.45, 2.75) is 6.92 Å². The molecule has 0 saturated carbocycles. The maximum absolute atomic E-state index is 12.1. The van der Waals surface area contributed by atoms with E-state index in [-0.39, 0.29) is 0 Å². The van der Waals surface area contributed by atoms with Gasteiger partial charge in [-0.1, -0.05) is 6.07 Å². The van der Waals surface area contributed by atoms with Crippen LogP contribution in [-0.2, 0) is 9.53 Å². The maximum atomic E-state index is 12.1. The lowest BCUT2D eigenvalue weighted by Gasteiger charge is -2.12. The first kappa shape index (κ1) is 19.1. The van der Waals surface area contributed by atoms with Gasteiger partial charge in [-0.3, -0.25) is 4.79 Å². The third kappa shape index (κ3) is 4.66. The van der Waals surface area contributed by atoms with Gasteiger partial charge in [0, 0.05) is 6.07 Å². The van der Waals surface area contributed by atoms with Crippen molar-refractivity contribution in [3.63, 3.8) is 0 Å². The van der Waals surface area contributed by atoms with E-state index in [0.717, 1.165) is 5.56 Å². The molecule has 0 bridgehead atoms. The number of aryl methyl sites for hydroxylation is 1. The summed E-state index contributed by atoms with van der Waals surface area (Å²) in [6.45, 7) is 1.43. The van der Waals surface area contributed by atoms with Gasteiger partial charge >= 0.3 is 5.97 Å². The van der Waals surface area contributed by atoms with Crippen LogP contribution in [0.4, 0.5) is 5.69 Å². The van der Waals surface area contributed by atoms with E-state index in [1.807, 2.05) is 6.92 Å². The molecule has 0 fully saturated rings. The summed E-state index contributed by atoms with van der Waals surface area (Å²) >= 11 is 0. The van der Waals surface area contributed by atoms with Crippen LogP contribution in [0.25, 0.3) is 0 Å². The lowest BCUT2D eigenvalue weighted by Crippen LogP contribution is -2.21. The van der Waals surface area contributed by atoms with Crippen molar-refractivity contribution in [1.82, 2.24) is 0 Å². The second kappa shape index (κ2) is 8.75. The van der Waals surface area contributed by atoms with Crippen molar-refractivity contribution in [3.8, 4) is 17.2 Å². The topological polar surface area (TPSA) is 83.1 Å². The minimum atomic E-state index is -0.615. The molecule has 1 N–H and O–H groups in total. The van der Waals surface area contributed by atoms with E-state index in [2.05, 4.69) is 5.32 Å². The van der Waals surface area contributed by atoms with Crippen LogP contribution in [0.3, 0.4) is 0 Å². The lowest BCUT2D eigenvalue weighted by atomic mass is 10.1. The van der Waals surface area contributed by atoms with Gasteiger partial charge in [0.2, 0.25) is 0 Å². The summed E-state index contributed by atoms with van der Waals surface area (Å²) in [5, 5.41) is 2.63. The van der Waals surface area contributed by atoms with Crippen molar-refractivity contribution >= 4 is 17.6 Å². The Morgan fingerprint density at radius 2 is 1.65 bits per heavy atom. The number of ether oxygens (including phenoxy) is 4. The number of hydrogen-bond donors (Lipinski definition) is 1. The van der Waals surface area contributed by atoms with Gasteiger partial charge in [0.25, 0.3) is 5.91 Å². The Hall–Kier alpha value is -3.22. The van der Waals surface area contributed by atoms with Crippen LogP contribution >= 0.6 is 0 Å². The molecule has 1 amide bonds. The molecule has 0 aliphatic carbocycles. The standard InChI is InChI=1S/C19H21NO6/c1-12-5-6-13(9-17(12)25-4)19(22)26-11-18(21)20-15-10-14(23-2)7-8-16(15)24-3/h5-10H,11H2,1-4H3,(H,20,21). The van der Waals surface area contributed by atoms with Crippen molar-refractivity contribution < 1.29 is 28.5 Å². The van der Waals surface area contributed by atoms with Gasteiger partial charge in [0.1, 0.15) is 17.2 Å². The molecule has 0 heterocycles. The SMILES string of the molecule is COc1ccc(OC)c(NC(=O)COC(=O)c2ccc(C)c(OC)c2)c1. The monoisotopic (exact) mass is 359 g/mol. The Balaban J connectivity index is 1.99. The highest BCUT2D eigenvalue weighted by atomic mass is 16.5. The van der Waals surface area contributed by atoms with E-state index in [0.29, 0.717) is 28.5 Å². The zero-order valence-electron chi connectivity index (χ0n) is 15.1. The number of rotatable bonds is 7. The van der Waals surface area contributed by atoms with E-state index >= 15 is 0 Å². The summed E-state index contributed by atoms with van der Waals surface area (Å²) in [6.07, 6.45) is 0. The molecule has 0 spiro atoms. The van der Waals surface area contributed by atoms with Crippen LogP contribution in [0.5, 0.6) is 17.2 Å². The molecule has 2 aromatic carbocycles. The third-order valence-electron chi connectivity index (χ3n) is 3.66. The fourth-order valence-electron chi connectivity index (χ4n) is 2.26. The lowest BCUT2D eigenvalue weighted by molar-refractivity contribution is -0.119. The predicted molar refractivity (Wildman–Crippen MR) is 96.2 cm³/mol. The fourth-order valence-corrected chi connectivity index (χ4v) is 2.26. The van der Waals surface area contributed by atoms with Crippen molar-refractivity contribution in [1.29, 1.82) is 0 Å². The van der Waals surface area contributed by atoms with E-state index < -0.39 is 18.5 Å². The second-order valence-corrected chi connectivity index (χ2v) is 5.37. The molecular formula is C19H21NO6. The van der Waals surface area contributed by atoms with E-state index in [1.54, 1.807) is 36.4 Å². The molecule has 2 rings (SSSR count). The summed E-state index contributed by atoms with van der Waals surface area (Å²) in [5.41, 5.74) is 1.62. The number of nitrogens with one attached hydrogen (secondary N) is 1. The van der Waals surface area contributed by atoms with Gasteiger partial charge in [-0.25, -0.2) is 4.79 Å². The number of carbonyl (C=O) groups is 2. The molecule has 26 heavy (non-hydrogen) atoms. The van der Waals surface area contributed by atoms with Gasteiger partial charge in [-0.15, -0.1) is 0 Å². The molecule has 0 aromatic heterocycles. The molecule has 2 aromatic rings. The number of amides is 1. The molecule has 7 heteroatoms. The molecule has 7 nitrogen and oxygen atoms in total. The summed E-state index contributed by atoms with van der Waals surface area (Å²) in [6, 6.07) is 9.92. The molecule has 0 aliphatic heterocycles. The Morgan fingerprint density at radius 3 is 2.31 bits per heavy atom. The molecule has 0 unspecified atom stereocenters. The van der Waals surface area contributed by atoms with Crippen LogP contribution in [0.15, 0.2) is 36.4 Å². The third-order valence-corrected chi connectivity index (χ3v) is 3.66. The fraction of sp³-hybridized carbons (Fsp3) is 0.263. The normalized spacial score (nSPS) is 10.0. The number of anilines is 1. The number of carbonyl (C=O) groups excluding carboxylic acids is 2. The molecule has 0 saturated heterocycles. The van der Waals surface area contributed by atoms with Crippen LogP contribution < -0.4 is 19.5 Å². The maximum Gasteiger partial charge on any atom is 0.338 e. The van der Waals surface area contributed by atoms with Crippen molar-refractivity contribution in [2.75, 3.05) is 33.3 Å². The van der Waals surface area contributed by atoms with Gasteiger partial charge in [0.05, 0.1) is 32.6 Å². The van der Waals surface area contributed by atoms with Gasteiger partial charge < -0.3 is 24.3 Å². The largest absolute Gasteiger partial charge is 0.497 e. The van der Waals surface area contributed by atoms with E-state index in [9.17, 15) is 9.59 Å². The highest BCUT2D eigenvalue weighted by Gasteiger charge is 2.14. The zero-order valence-corrected chi connectivity index (χ0v) is 15.1. The number of benzene rings is 2. The first-order chi connectivity index (χ1) is 12.5. The van der Waals surface area contributed by atoms with Crippen LogP contribution in [0, 0.1) is 6.92 Å². The van der Waals surface area contributed by atoms with E-state index in [4.69, 9.17) is 18.9 Å². The quantitative estimate of drug-likeness (QED) is 0.766. The minimum absolute atomic E-state index is 0.305. The van der Waals surface area contributed by atoms with Crippen LogP contribution in [0.1, 0.15) is 15.9 Å². The van der Waals surface area contributed by atoms with Gasteiger partial charge in [-0.05, 0) is 36.8 Å². The first-order valence-corrected chi connectivity index (χ1v) is 7.82. The molecule has 138 valence electrons. The number of hydrogen-bond acceptors (Lipinski definition) is 6. The second-order valence-electron chi connectivity index (χ2n) is 5.37. The van der Waals surface area contributed by atoms with Crippen LogP contribution in [-0.4, -0.2) is 39.8 Å². The Morgan fingerprint density at radius 1 is 0.923 bits per heavy atom. The summed E-state index contributed by atoms with van der Waals surface area (Å²) in [4.78, 5) is 24.2. The van der Waals surface area contributed by atoms with Crippen LogP contribution in [0.2, 0.25) is 0 Å². The molecular weight excluding hydrogens is 338 g/mol. The Bertz CT molecular complexity index is 803. The number of esters is 1. The molecule has 0 atom stereocenters. The first-order valence-electron chi connectivity index (χ1n) is 7.82. The zero-order chi connectivity index (χ0) is 19.1. The van der Waals surface area contributed by atoms with E-state index in [1.165, 1.54) is 21.3 Å².